The van der Waals surface area contributed by atoms with Crippen LogP contribution in [0.15, 0.2) is 0 Å². The second-order valence-electron chi connectivity index (χ2n) is 3.77. The van der Waals surface area contributed by atoms with Gasteiger partial charge in [0, 0.05) is 23.3 Å². The summed E-state index contributed by atoms with van der Waals surface area (Å²) >= 11 is 7.87. The molecule has 0 bridgehead atoms. The molecule has 0 spiro atoms. The van der Waals surface area contributed by atoms with Gasteiger partial charge in [0.05, 0.1) is 5.69 Å². The lowest BCUT2D eigenvalue weighted by Gasteiger charge is -2.07. The zero-order valence-corrected chi connectivity index (χ0v) is 11.2. The van der Waals surface area contributed by atoms with Crippen molar-refractivity contribution in [3.8, 4) is 0 Å². The molecular weight excluding hydrogens is 228 g/mol. The number of nitrogens with one attached hydrogen (secondary N) is 1. The molecule has 2 nitrogen and oxygen atoms in total. The Labute approximate surface area is 101 Å². The normalized spacial score (nSPS) is 13.1. The van der Waals surface area contributed by atoms with Gasteiger partial charge in [0.2, 0.25) is 0 Å². The number of aromatic nitrogens is 1. The highest BCUT2D eigenvalue weighted by Crippen LogP contribution is 2.16. The Morgan fingerprint density at radius 3 is 2.73 bits per heavy atom. The van der Waals surface area contributed by atoms with Gasteiger partial charge in [-0.3, -0.25) is 0 Å². The van der Waals surface area contributed by atoms with Gasteiger partial charge in [0.25, 0.3) is 0 Å². The Bertz CT molecular complexity index is 279. The molecule has 1 aromatic rings. The summed E-state index contributed by atoms with van der Waals surface area (Å²) in [6.45, 7) is 8.02. The van der Waals surface area contributed by atoms with Crippen LogP contribution in [0.25, 0.3) is 0 Å². The van der Waals surface area contributed by atoms with Crippen LogP contribution in [-0.4, -0.2) is 16.9 Å². The van der Waals surface area contributed by atoms with E-state index < -0.39 is 0 Å². The molecule has 1 atom stereocenters. The maximum absolute atomic E-state index is 6.10. The summed E-state index contributed by atoms with van der Waals surface area (Å²) in [5, 5.41) is 4.75. The minimum atomic E-state index is 0.247. The molecule has 4 heteroatoms. The molecule has 1 N–H and O–H groups in total. The van der Waals surface area contributed by atoms with Crippen molar-refractivity contribution in [2.24, 2.45) is 0 Å². The monoisotopic (exact) mass is 246 g/mol. The highest BCUT2D eigenvalue weighted by Gasteiger charge is 2.05. The van der Waals surface area contributed by atoms with Gasteiger partial charge in [-0.05, 0) is 20.3 Å². The molecule has 86 valence electrons. The minimum Gasteiger partial charge on any atom is -0.309 e. The van der Waals surface area contributed by atoms with E-state index in [1.165, 1.54) is 4.88 Å². The number of thiazole rings is 1. The average molecular weight is 247 g/mol. The van der Waals surface area contributed by atoms with Crippen LogP contribution in [-0.2, 0) is 6.54 Å². The minimum absolute atomic E-state index is 0.247. The fourth-order valence-corrected chi connectivity index (χ4v) is 2.60. The fraction of sp³-hybridized carbons (Fsp3) is 0.727. The molecule has 0 aromatic carbocycles. The first-order chi connectivity index (χ1) is 7.13. The van der Waals surface area contributed by atoms with Gasteiger partial charge in [0.15, 0.2) is 0 Å². The molecule has 0 saturated carbocycles. The van der Waals surface area contributed by atoms with Crippen molar-refractivity contribution in [2.75, 3.05) is 6.54 Å². The predicted molar refractivity (Wildman–Crippen MR) is 67.8 cm³/mol. The van der Waals surface area contributed by atoms with E-state index in [-0.39, 0.29) is 5.38 Å². The van der Waals surface area contributed by atoms with Crippen molar-refractivity contribution < 1.29 is 0 Å². The lowest BCUT2D eigenvalue weighted by molar-refractivity contribution is 0.621. The number of alkyl halides is 1. The van der Waals surface area contributed by atoms with E-state index >= 15 is 0 Å². The Kier molecular flexibility index (Phi) is 5.58. The maximum Gasteiger partial charge on any atom is 0.107 e. The molecule has 0 aliphatic rings. The maximum atomic E-state index is 6.10. The third-order valence-corrected chi connectivity index (χ3v) is 3.76. The Hall–Kier alpha value is -0.120. The van der Waals surface area contributed by atoms with Crippen molar-refractivity contribution in [3.63, 3.8) is 0 Å². The van der Waals surface area contributed by atoms with Gasteiger partial charge < -0.3 is 5.32 Å². The van der Waals surface area contributed by atoms with E-state index in [1.54, 1.807) is 11.3 Å². The van der Waals surface area contributed by atoms with Crippen molar-refractivity contribution in [1.82, 2.24) is 10.3 Å². The van der Waals surface area contributed by atoms with Gasteiger partial charge in [-0.2, -0.15) is 0 Å². The van der Waals surface area contributed by atoms with E-state index in [9.17, 15) is 0 Å². The first-order valence-corrected chi connectivity index (χ1v) is 6.66. The van der Waals surface area contributed by atoms with E-state index in [4.69, 9.17) is 11.6 Å². The SMILES string of the molecule is CCCC(Cl)CNCc1nc(C)c(C)s1. The molecule has 1 unspecified atom stereocenters. The quantitative estimate of drug-likeness (QED) is 0.780. The zero-order chi connectivity index (χ0) is 11.3. The zero-order valence-electron chi connectivity index (χ0n) is 9.64. The Morgan fingerprint density at radius 2 is 2.20 bits per heavy atom. The van der Waals surface area contributed by atoms with Crippen LogP contribution in [0.4, 0.5) is 0 Å². The summed E-state index contributed by atoms with van der Waals surface area (Å²) in [7, 11) is 0. The number of halogens is 1. The lowest BCUT2D eigenvalue weighted by Crippen LogP contribution is -2.22. The first kappa shape index (κ1) is 12.9. The average Bonchev–Trinajstić information content (AvgIpc) is 2.46. The molecule has 0 fully saturated rings. The van der Waals surface area contributed by atoms with Gasteiger partial charge in [-0.25, -0.2) is 4.98 Å². The van der Waals surface area contributed by atoms with Crippen molar-refractivity contribution in [3.05, 3.63) is 15.6 Å². The van der Waals surface area contributed by atoms with Gasteiger partial charge in [-0.1, -0.05) is 13.3 Å². The van der Waals surface area contributed by atoms with E-state index in [0.29, 0.717) is 0 Å². The molecule has 1 rings (SSSR count). The van der Waals surface area contributed by atoms with E-state index in [1.807, 2.05) is 0 Å². The largest absolute Gasteiger partial charge is 0.309 e. The second kappa shape index (κ2) is 6.46. The molecule has 0 aliphatic carbocycles. The number of hydrogen-bond donors (Lipinski definition) is 1. The summed E-state index contributed by atoms with van der Waals surface area (Å²) in [5.74, 6) is 0. The Morgan fingerprint density at radius 1 is 1.47 bits per heavy atom. The summed E-state index contributed by atoms with van der Waals surface area (Å²) < 4.78 is 0. The van der Waals surface area contributed by atoms with Crippen LogP contribution >= 0.6 is 22.9 Å². The topological polar surface area (TPSA) is 24.9 Å². The number of hydrogen-bond acceptors (Lipinski definition) is 3. The van der Waals surface area contributed by atoms with Crippen LogP contribution < -0.4 is 5.32 Å². The van der Waals surface area contributed by atoms with Crippen LogP contribution in [0.5, 0.6) is 0 Å². The molecule has 0 aliphatic heterocycles. The molecule has 15 heavy (non-hydrogen) atoms. The third-order valence-electron chi connectivity index (χ3n) is 2.32. The smallest absolute Gasteiger partial charge is 0.107 e. The molecule has 0 amide bonds. The molecule has 0 radical (unpaired) electrons. The molecule has 0 saturated heterocycles. The number of rotatable bonds is 6. The lowest BCUT2D eigenvalue weighted by atomic mass is 10.2. The highest BCUT2D eigenvalue weighted by atomic mass is 35.5. The summed E-state index contributed by atoms with van der Waals surface area (Å²) in [5.41, 5.74) is 1.15. The summed E-state index contributed by atoms with van der Waals surface area (Å²) in [6, 6.07) is 0. The third kappa shape index (κ3) is 4.49. The standard InChI is InChI=1S/C11H19ClN2S/c1-4-5-10(12)6-13-7-11-14-8(2)9(3)15-11/h10,13H,4-7H2,1-3H3. The summed E-state index contributed by atoms with van der Waals surface area (Å²) in [6.07, 6.45) is 2.22. The van der Waals surface area contributed by atoms with E-state index in [2.05, 4.69) is 31.1 Å². The first-order valence-electron chi connectivity index (χ1n) is 5.41. The fourth-order valence-electron chi connectivity index (χ4n) is 1.37. The van der Waals surface area contributed by atoms with Crippen molar-refractivity contribution >= 4 is 22.9 Å². The molecular formula is C11H19ClN2S. The van der Waals surface area contributed by atoms with Gasteiger partial charge in [-0.15, -0.1) is 22.9 Å². The summed E-state index contributed by atoms with van der Waals surface area (Å²) in [4.78, 5) is 5.77. The number of aryl methyl sites for hydroxylation is 2. The predicted octanol–water partition coefficient (Wildman–Crippen LogP) is 3.26. The van der Waals surface area contributed by atoms with Crippen LogP contribution in [0, 0.1) is 13.8 Å². The van der Waals surface area contributed by atoms with Gasteiger partial charge >= 0.3 is 0 Å². The second-order valence-corrected chi connectivity index (χ2v) is 5.67. The van der Waals surface area contributed by atoms with Crippen molar-refractivity contribution in [1.29, 1.82) is 0 Å². The number of nitrogens with zero attached hydrogens (tertiary/aromatic N) is 1. The molecule has 1 aromatic heterocycles. The van der Waals surface area contributed by atoms with Crippen molar-refractivity contribution in [2.45, 2.75) is 45.5 Å². The van der Waals surface area contributed by atoms with Gasteiger partial charge in [0.1, 0.15) is 5.01 Å². The van der Waals surface area contributed by atoms with E-state index in [0.717, 1.165) is 36.6 Å². The van der Waals surface area contributed by atoms with Crippen LogP contribution in [0.3, 0.4) is 0 Å². The highest BCUT2D eigenvalue weighted by molar-refractivity contribution is 7.11. The Balaban J connectivity index is 2.25. The molecule has 1 heterocycles. The van der Waals surface area contributed by atoms with Crippen LogP contribution in [0.1, 0.15) is 35.3 Å². The van der Waals surface area contributed by atoms with Crippen LogP contribution in [0.2, 0.25) is 0 Å².